The van der Waals surface area contributed by atoms with Crippen LogP contribution in [0.4, 0.5) is 5.69 Å². The van der Waals surface area contributed by atoms with E-state index in [1.807, 2.05) is 0 Å². The Hall–Kier alpha value is -2.20. The van der Waals surface area contributed by atoms with Gasteiger partial charge in [-0.3, -0.25) is 14.4 Å². The summed E-state index contributed by atoms with van der Waals surface area (Å²) in [5.41, 5.74) is -0.707. The molecule has 1 N–H and O–H groups in total. The molecule has 8 nitrogen and oxygen atoms in total. The fraction of sp³-hybridized carbons (Fsp3) is 0.500. The van der Waals surface area contributed by atoms with Crippen LogP contribution in [0.25, 0.3) is 0 Å². The van der Waals surface area contributed by atoms with Crippen LogP contribution >= 0.6 is 27.5 Å². The number of likely N-dealkylation sites (tertiary alicyclic amines) is 1. The molecular formula is C26H30BrClN2O6. The third-order valence-electron chi connectivity index (χ3n) is 7.17. The number of anilines is 1. The smallest absolute Gasteiger partial charge is 0.312 e. The van der Waals surface area contributed by atoms with E-state index in [9.17, 15) is 19.5 Å². The van der Waals surface area contributed by atoms with E-state index in [-0.39, 0.29) is 42.9 Å². The van der Waals surface area contributed by atoms with E-state index in [4.69, 9.17) is 21.1 Å². The molecule has 3 aliphatic rings. The van der Waals surface area contributed by atoms with Crippen molar-refractivity contribution >= 4 is 51.0 Å². The van der Waals surface area contributed by atoms with Crippen LogP contribution in [-0.4, -0.2) is 76.7 Å². The Morgan fingerprint density at radius 2 is 2.06 bits per heavy atom. The highest BCUT2D eigenvalue weighted by Gasteiger charge is 2.77. The van der Waals surface area contributed by atoms with Gasteiger partial charge in [0.25, 0.3) is 5.91 Å². The Labute approximate surface area is 224 Å². The van der Waals surface area contributed by atoms with Gasteiger partial charge in [-0.2, -0.15) is 0 Å². The molecule has 4 rings (SSSR count). The van der Waals surface area contributed by atoms with Crippen LogP contribution in [0.1, 0.15) is 19.3 Å². The fourth-order valence-corrected chi connectivity index (χ4v) is 6.98. The quantitative estimate of drug-likeness (QED) is 0.187. The molecule has 36 heavy (non-hydrogen) atoms. The molecule has 0 saturated carbocycles. The predicted octanol–water partition coefficient (Wildman–Crippen LogP) is 3.11. The Balaban J connectivity index is 1.77. The summed E-state index contributed by atoms with van der Waals surface area (Å²) < 4.78 is 11.8. The van der Waals surface area contributed by atoms with Gasteiger partial charge < -0.3 is 24.4 Å². The number of carbonyl (C=O) groups excluding carboxylic acids is 3. The molecule has 2 amide bonds. The van der Waals surface area contributed by atoms with Gasteiger partial charge in [-0.25, -0.2) is 0 Å². The third kappa shape index (κ3) is 4.40. The van der Waals surface area contributed by atoms with Crippen LogP contribution < -0.4 is 4.90 Å². The van der Waals surface area contributed by atoms with Crippen LogP contribution in [-0.2, 0) is 23.9 Å². The molecule has 6 atom stereocenters. The van der Waals surface area contributed by atoms with Crippen LogP contribution in [0.2, 0.25) is 5.02 Å². The molecule has 0 radical (unpaired) electrons. The van der Waals surface area contributed by atoms with Gasteiger partial charge in [0, 0.05) is 24.5 Å². The summed E-state index contributed by atoms with van der Waals surface area (Å²) >= 11 is 10.1. The van der Waals surface area contributed by atoms with E-state index < -0.39 is 35.6 Å². The van der Waals surface area contributed by atoms with E-state index >= 15 is 0 Å². The number of hydrogen-bond donors (Lipinski definition) is 1. The molecule has 3 heterocycles. The zero-order valence-corrected chi connectivity index (χ0v) is 22.2. The van der Waals surface area contributed by atoms with Gasteiger partial charge in [0.1, 0.15) is 18.2 Å². The number of alkyl halides is 1. The summed E-state index contributed by atoms with van der Waals surface area (Å²) in [7, 11) is 0. The zero-order chi connectivity index (χ0) is 26.0. The molecule has 1 aromatic rings. The van der Waals surface area contributed by atoms with Crippen molar-refractivity contribution < 1.29 is 29.0 Å². The number of rotatable bonds is 11. The molecule has 3 saturated heterocycles. The van der Waals surface area contributed by atoms with Crippen LogP contribution in [0, 0.1) is 11.8 Å². The summed E-state index contributed by atoms with van der Waals surface area (Å²) in [6, 6.07) is 6.00. The molecule has 0 aliphatic carbocycles. The molecule has 10 heteroatoms. The number of carbonyl (C=O) groups is 3. The lowest BCUT2D eigenvalue weighted by molar-refractivity contribution is -0.153. The minimum absolute atomic E-state index is 0.0190. The summed E-state index contributed by atoms with van der Waals surface area (Å²) in [6.45, 7) is 7.78. The maximum Gasteiger partial charge on any atom is 0.312 e. The molecule has 3 fully saturated rings. The first-order valence-electron chi connectivity index (χ1n) is 12.0. The zero-order valence-electron chi connectivity index (χ0n) is 19.9. The number of amides is 2. The number of esters is 1. The van der Waals surface area contributed by atoms with Gasteiger partial charge >= 0.3 is 5.97 Å². The van der Waals surface area contributed by atoms with Crippen LogP contribution in [0.15, 0.2) is 49.6 Å². The second kappa shape index (κ2) is 11.0. The van der Waals surface area contributed by atoms with Gasteiger partial charge in [0.15, 0.2) is 0 Å². The molecule has 1 aromatic carbocycles. The Morgan fingerprint density at radius 3 is 2.72 bits per heavy atom. The second-order valence-corrected chi connectivity index (χ2v) is 10.8. The Bertz CT molecular complexity index is 1050. The first kappa shape index (κ1) is 26.9. The first-order chi connectivity index (χ1) is 17.3. The molecule has 0 aromatic heterocycles. The highest BCUT2D eigenvalue weighted by Crippen LogP contribution is 2.60. The molecule has 3 aliphatic heterocycles. The minimum atomic E-state index is -1.20. The number of nitrogens with zero attached hydrogens (tertiary/aromatic N) is 2. The number of unbranched alkanes of at least 4 members (excludes halogenated alkanes) is 1. The third-order valence-corrected chi connectivity index (χ3v) is 8.33. The average Bonchev–Trinajstić information content (AvgIpc) is 3.45. The normalized spacial score (nSPS) is 30.2. The van der Waals surface area contributed by atoms with Crippen molar-refractivity contribution in [2.24, 2.45) is 11.8 Å². The lowest BCUT2D eigenvalue weighted by Crippen LogP contribution is -2.57. The maximum atomic E-state index is 14.3. The number of aliphatic hydroxyl groups excluding tert-OH is 1. The van der Waals surface area contributed by atoms with Crippen molar-refractivity contribution in [3.05, 3.63) is 54.6 Å². The van der Waals surface area contributed by atoms with Gasteiger partial charge in [-0.15, -0.1) is 6.58 Å². The number of benzene rings is 1. The number of hydrogen-bond acceptors (Lipinski definition) is 6. The molecule has 3 unspecified atom stereocenters. The van der Waals surface area contributed by atoms with Gasteiger partial charge in [-0.1, -0.05) is 58.4 Å². The van der Waals surface area contributed by atoms with E-state index in [0.29, 0.717) is 30.0 Å². The molecular weight excluding hydrogens is 552 g/mol. The fourth-order valence-electron chi connectivity index (χ4n) is 5.80. The number of aliphatic hydroxyl groups is 1. The molecule has 1 spiro atoms. The number of ether oxygens (including phenoxy) is 2. The molecule has 2 bridgehead atoms. The summed E-state index contributed by atoms with van der Waals surface area (Å²) in [6.07, 6.45) is 3.82. The first-order valence-corrected chi connectivity index (χ1v) is 13.3. The van der Waals surface area contributed by atoms with Crippen LogP contribution in [0.3, 0.4) is 0 Å². The summed E-state index contributed by atoms with van der Waals surface area (Å²) in [4.78, 5) is 44.1. The second-order valence-electron chi connectivity index (χ2n) is 9.23. The lowest BCUT2D eigenvalue weighted by Gasteiger charge is -2.37. The topological polar surface area (TPSA) is 96.4 Å². The van der Waals surface area contributed by atoms with Crippen molar-refractivity contribution in [1.82, 2.24) is 4.90 Å². The lowest BCUT2D eigenvalue weighted by atomic mass is 9.70. The van der Waals surface area contributed by atoms with Crippen molar-refractivity contribution in [3.8, 4) is 0 Å². The highest BCUT2D eigenvalue weighted by atomic mass is 79.9. The maximum absolute atomic E-state index is 14.3. The van der Waals surface area contributed by atoms with Crippen molar-refractivity contribution in [2.45, 2.75) is 41.8 Å². The standard InChI is InChI=1S/C26H30BrClN2O6/c1-3-11-29(18-10-6-5-9-17(18)28)24(33)22-26-15-16(27)21(36-26)19(25(34)35-14-4-2)20(26)23(32)30(22)12-7-8-13-31/h3-6,9-10,16,19-22,31H,1-2,7-8,11-15H2/t16?,19-,20-,21-,22?,26?/m0/s1. The van der Waals surface area contributed by atoms with Crippen molar-refractivity contribution in [1.29, 1.82) is 0 Å². The summed E-state index contributed by atoms with van der Waals surface area (Å²) in [5, 5.41) is 9.70. The van der Waals surface area contributed by atoms with E-state index in [1.165, 1.54) is 15.9 Å². The number of halogens is 2. The Morgan fingerprint density at radius 1 is 1.31 bits per heavy atom. The number of fused-ring (bicyclic) bond motifs is 1. The van der Waals surface area contributed by atoms with Gasteiger partial charge in [0.2, 0.25) is 5.91 Å². The van der Waals surface area contributed by atoms with Crippen molar-refractivity contribution in [2.75, 3.05) is 31.2 Å². The van der Waals surface area contributed by atoms with Gasteiger partial charge in [0.05, 0.1) is 28.6 Å². The molecule has 194 valence electrons. The predicted molar refractivity (Wildman–Crippen MR) is 139 cm³/mol. The minimum Gasteiger partial charge on any atom is -0.461 e. The van der Waals surface area contributed by atoms with Gasteiger partial charge in [-0.05, 0) is 31.4 Å². The number of para-hydroxylation sites is 1. The van der Waals surface area contributed by atoms with Crippen LogP contribution in [0.5, 0.6) is 0 Å². The largest absolute Gasteiger partial charge is 0.461 e. The monoisotopic (exact) mass is 580 g/mol. The summed E-state index contributed by atoms with van der Waals surface area (Å²) in [5.74, 6) is -2.91. The SMILES string of the molecule is C=CCOC(=O)[C@H]1[C@H]2C(=O)N(CCCCO)C(C(=O)N(CC=C)c3ccccc3Cl)C23CC(Br)[C@@H]1O3. The van der Waals surface area contributed by atoms with E-state index in [0.717, 1.165) is 0 Å². The van der Waals surface area contributed by atoms with E-state index in [2.05, 4.69) is 29.1 Å². The van der Waals surface area contributed by atoms with Crippen molar-refractivity contribution in [3.63, 3.8) is 0 Å². The Kier molecular flexibility index (Phi) is 8.24. The van der Waals surface area contributed by atoms with E-state index in [1.54, 1.807) is 30.3 Å². The highest BCUT2D eigenvalue weighted by molar-refractivity contribution is 9.09. The average molecular weight is 582 g/mol.